The molecule has 0 N–H and O–H groups in total. The zero-order chi connectivity index (χ0) is 16.2. The maximum Gasteiger partial charge on any atom is 0.473 e. The van der Waals surface area contributed by atoms with E-state index in [0.717, 1.165) is 0 Å². The molecular formula is C14H19N3O3S. The number of carbonyl (C=O) groups is 1. The third-order valence-electron chi connectivity index (χ3n) is 2.93. The maximum absolute atomic E-state index is 12.4. The first kappa shape index (κ1) is 17.1. The lowest BCUT2D eigenvalue weighted by molar-refractivity contribution is -0.131. The lowest BCUT2D eigenvalue weighted by Crippen LogP contribution is -2.47. The molecule has 0 radical (unpaired) electrons. The predicted octanol–water partition coefficient (Wildman–Crippen LogP) is 1.73. The molecule has 7 heteroatoms. The molecule has 114 valence electrons. The third kappa shape index (κ3) is 3.56. The lowest BCUT2D eigenvalue weighted by atomic mass is 10.2. The smallest absolute Gasteiger partial charge is 0.360 e. The Balaban J connectivity index is 3.33. The van der Waals surface area contributed by atoms with E-state index < -0.39 is 20.8 Å². The summed E-state index contributed by atoms with van der Waals surface area (Å²) >= 11 is 0. The first-order valence-electron chi connectivity index (χ1n) is 6.58. The van der Waals surface area contributed by atoms with Gasteiger partial charge in [-0.1, -0.05) is 18.2 Å². The highest BCUT2D eigenvalue weighted by Gasteiger charge is 2.41. The lowest BCUT2D eigenvalue weighted by Gasteiger charge is -2.28. The van der Waals surface area contributed by atoms with Crippen molar-refractivity contribution in [3.8, 4) is 0 Å². The van der Waals surface area contributed by atoms with Gasteiger partial charge in [0.2, 0.25) is 0 Å². The van der Waals surface area contributed by atoms with E-state index in [1.807, 2.05) is 0 Å². The van der Waals surface area contributed by atoms with Crippen molar-refractivity contribution in [2.24, 2.45) is 0 Å². The Morgan fingerprint density at radius 3 is 1.95 bits per heavy atom. The Morgan fingerprint density at radius 1 is 1.10 bits per heavy atom. The van der Waals surface area contributed by atoms with Crippen LogP contribution in [0.4, 0.5) is 0 Å². The summed E-state index contributed by atoms with van der Waals surface area (Å²) in [5.74, 6) is -0.814. The van der Waals surface area contributed by atoms with Gasteiger partial charge in [-0.2, -0.15) is 0 Å². The second kappa shape index (κ2) is 6.65. The Kier molecular flexibility index (Phi) is 5.41. The summed E-state index contributed by atoms with van der Waals surface area (Å²) < 4.78 is 24.8. The molecule has 0 fully saturated rings. The summed E-state index contributed by atoms with van der Waals surface area (Å²) in [4.78, 5) is 16.5. The highest BCUT2D eigenvalue weighted by Crippen LogP contribution is 2.15. The minimum absolute atomic E-state index is 0.0846. The van der Waals surface area contributed by atoms with Crippen molar-refractivity contribution in [1.29, 1.82) is 0 Å². The zero-order valence-corrected chi connectivity index (χ0v) is 13.3. The number of hydrogen-bond donors (Lipinski definition) is 0. The van der Waals surface area contributed by atoms with Gasteiger partial charge in [0.1, 0.15) is 0 Å². The van der Waals surface area contributed by atoms with E-state index in [2.05, 4.69) is 4.79 Å². The quantitative estimate of drug-likeness (QED) is 0.368. The van der Waals surface area contributed by atoms with E-state index in [4.69, 9.17) is 5.53 Å². The van der Waals surface area contributed by atoms with Crippen molar-refractivity contribution in [2.45, 2.75) is 44.7 Å². The molecular weight excluding hydrogens is 290 g/mol. The normalized spacial score (nSPS) is 11.3. The van der Waals surface area contributed by atoms with Crippen LogP contribution in [0.2, 0.25) is 0 Å². The Hall–Kier alpha value is -1.98. The number of nitrogens with zero attached hydrogens (tertiary/aromatic N) is 3. The second-order valence-corrected chi connectivity index (χ2v) is 6.99. The third-order valence-corrected chi connectivity index (χ3v) is 4.59. The summed E-state index contributed by atoms with van der Waals surface area (Å²) in [5, 5.41) is -0.865. The molecule has 0 unspecified atom stereocenters. The average Bonchev–Trinajstić information content (AvgIpc) is 2.39. The van der Waals surface area contributed by atoms with E-state index in [1.54, 1.807) is 33.8 Å². The first-order valence-corrected chi connectivity index (χ1v) is 8.06. The van der Waals surface area contributed by atoms with Crippen molar-refractivity contribution >= 4 is 20.8 Å². The first-order chi connectivity index (χ1) is 9.73. The molecule has 21 heavy (non-hydrogen) atoms. The summed E-state index contributed by atoms with van der Waals surface area (Å²) in [6.45, 7) is 7.06. The van der Waals surface area contributed by atoms with E-state index in [9.17, 15) is 13.2 Å². The Bertz CT molecular complexity index is 652. The molecule has 6 nitrogen and oxygen atoms in total. The molecule has 1 aromatic carbocycles. The van der Waals surface area contributed by atoms with Crippen LogP contribution in [0.5, 0.6) is 0 Å². The average molecular weight is 309 g/mol. The largest absolute Gasteiger partial charge is 0.473 e. The second-order valence-electron chi connectivity index (χ2n) is 5.12. The summed E-state index contributed by atoms with van der Waals surface area (Å²) in [7, 11) is -4.15. The van der Waals surface area contributed by atoms with Crippen LogP contribution in [-0.2, 0) is 14.6 Å². The molecule has 0 atom stereocenters. The van der Waals surface area contributed by atoms with Gasteiger partial charge in [0, 0.05) is 12.1 Å². The topological polar surface area (TPSA) is 90.8 Å². The Morgan fingerprint density at radius 2 is 1.57 bits per heavy atom. The monoisotopic (exact) mass is 309 g/mol. The molecule has 0 spiro atoms. The SMILES string of the molecule is CC(C)N(C(=O)C(=[N+]=[N-])S(=O)(=O)c1ccccc1)C(C)C. The summed E-state index contributed by atoms with van der Waals surface area (Å²) in [6.07, 6.45) is 0. The van der Waals surface area contributed by atoms with Crippen LogP contribution in [0.15, 0.2) is 35.2 Å². The van der Waals surface area contributed by atoms with Crippen LogP contribution in [0, 0.1) is 0 Å². The van der Waals surface area contributed by atoms with Gasteiger partial charge in [0.05, 0.1) is 4.90 Å². The molecule has 0 aliphatic heterocycles. The predicted molar refractivity (Wildman–Crippen MR) is 79.4 cm³/mol. The number of carbonyl (C=O) groups excluding carboxylic acids is 1. The summed E-state index contributed by atoms with van der Waals surface area (Å²) in [5.41, 5.74) is 9.07. The minimum atomic E-state index is -4.15. The van der Waals surface area contributed by atoms with Crippen molar-refractivity contribution in [3.63, 3.8) is 0 Å². The van der Waals surface area contributed by atoms with Gasteiger partial charge < -0.3 is 10.4 Å². The standard InChI is InChI=1S/C14H19N3O3S/c1-10(2)17(11(3)4)14(18)13(16-15)21(19,20)12-8-6-5-7-9-12/h5-11H,1-4H3. The van der Waals surface area contributed by atoms with Crippen LogP contribution >= 0.6 is 0 Å². The Labute approximate surface area is 124 Å². The molecule has 0 saturated carbocycles. The molecule has 0 aromatic heterocycles. The van der Waals surface area contributed by atoms with Gasteiger partial charge in [0.15, 0.2) is 0 Å². The molecule has 1 amide bonds. The fourth-order valence-corrected chi connectivity index (χ4v) is 3.28. The summed E-state index contributed by atoms with van der Waals surface area (Å²) in [6, 6.07) is 6.99. The van der Waals surface area contributed by atoms with Crippen LogP contribution in [-0.4, -0.2) is 41.1 Å². The number of benzene rings is 1. The van der Waals surface area contributed by atoms with Crippen LogP contribution in [0.25, 0.3) is 5.53 Å². The molecule has 0 aliphatic rings. The highest BCUT2D eigenvalue weighted by atomic mass is 32.2. The van der Waals surface area contributed by atoms with Gasteiger partial charge in [0.25, 0.3) is 9.84 Å². The molecule has 0 heterocycles. The number of sulfone groups is 1. The van der Waals surface area contributed by atoms with Crippen molar-refractivity contribution < 1.29 is 18.0 Å². The van der Waals surface area contributed by atoms with Gasteiger partial charge in [-0.15, -0.1) is 4.79 Å². The van der Waals surface area contributed by atoms with Gasteiger partial charge in [-0.25, -0.2) is 8.42 Å². The number of hydrogen-bond acceptors (Lipinski definition) is 3. The molecule has 0 aliphatic carbocycles. The molecule has 0 bridgehead atoms. The minimum Gasteiger partial charge on any atom is -0.360 e. The van der Waals surface area contributed by atoms with Crippen LogP contribution in [0.1, 0.15) is 27.7 Å². The van der Waals surface area contributed by atoms with Crippen molar-refractivity contribution in [2.75, 3.05) is 0 Å². The molecule has 0 saturated heterocycles. The van der Waals surface area contributed by atoms with Gasteiger partial charge in [-0.3, -0.25) is 4.79 Å². The van der Waals surface area contributed by atoms with Gasteiger partial charge in [-0.05, 0) is 39.8 Å². The highest BCUT2D eigenvalue weighted by molar-refractivity contribution is 8.08. The van der Waals surface area contributed by atoms with Gasteiger partial charge >= 0.3 is 11.0 Å². The van der Waals surface area contributed by atoms with E-state index in [1.165, 1.54) is 29.2 Å². The number of amides is 1. The van der Waals surface area contributed by atoms with E-state index in [0.29, 0.717) is 0 Å². The molecule has 1 rings (SSSR count). The van der Waals surface area contributed by atoms with Crippen molar-refractivity contribution in [1.82, 2.24) is 4.90 Å². The van der Waals surface area contributed by atoms with Crippen molar-refractivity contribution in [3.05, 3.63) is 35.9 Å². The number of rotatable bonds is 3. The maximum atomic E-state index is 12.4. The van der Waals surface area contributed by atoms with E-state index >= 15 is 0 Å². The fourth-order valence-electron chi connectivity index (χ4n) is 2.10. The zero-order valence-electron chi connectivity index (χ0n) is 12.5. The van der Waals surface area contributed by atoms with Crippen LogP contribution in [0.3, 0.4) is 0 Å². The fraction of sp³-hybridized carbons (Fsp3) is 0.429. The van der Waals surface area contributed by atoms with Crippen LogP contribution < -0.4 is 0 Å². The van der Waals surface area contributed by atoms with E-state index in [-0.39, 0.29) is 17.0 Å². The molecule has 1 aromatic rings.